The highest BCUT2D eigenvalue weighted by Crippen LogP contribution is 2.14. The molecule has 0 bridgehead atoms. The molecule has 0 aliphatic rings. The van der Waals surface area contributed by atoms with E-state index in [0.29, 0.717) is 13.1 Å². The fraction of sp³-hybridized carbons (Fsp3) is 0.286. The van der Waals surface area contributed by atoms with E-state index < -0.39 is 0 Å². The van der Waals surface area contributed by atoms with Gasteiger partial charge in [-0.3, -0.25) is 9.13 Å². The van der Waals surface area contributed by atoms with E-state index in [-0.39, 0.29) is 5.69 Å². The molecule has 0 saturated carbocycles. The maximum Gasteiger partial charge on any atom is 0.329 e. The third kappa shape index (κ3) is 1.78. The predicted octanol–water partition coefficient (Wildman–Crippen LogP) is 1.60. The largest absolute Gasteiger partial charge is 0.336 e. The highest BCUT2D eigenvalue weighted by atomic mass is 16.1. The fourth-order valence-electron chi connectivity index (χ4n) is 2.43. The zero-order chi connectivity index (χ0) is 13.4. The van der Waals surface area contributed by atoms with Crippen molar-refractivity contribution >= 4 is 11.0 Å². The number of para-hydroxylation sites is 2. The average molecular weight is 256 g/mol. The van der Waals surface area contributed by atoms with Gasteiger partial charge in [0.15, 0.2) is 0 Å². The summed E-state index contributed by atoms with van der Waals surface area (Å²) in [6, 6.07) is 7.89. The van der Waals surface area contributed by atoms with Crippen molar-refractivity contribution in [2.24, 2.45) is 7.05 Å². The molecule has 0 fully saturated rings. The van der Waals surface area contributed by atoms with Gasteiger partial charge in [-0.1, -0.05) is 12.1 Å². The van der Waals surface area contributed by atoms with Gasteiger partial charge in [0.05, 0.1) is 29.6 Å². The van der Waals surface area contributed by atoms with Crippen LogP contribution in [0.25, 0.3) is 11.0 Å². The second kappa shape index (κ2) is 4.42. The molecule has 0 N–H and O–H groups in total. The van der Waals surface area contributed by atoms with Crippen molar-refractivity contribution in [2.75, 3.05) is 0 Å². The summed E-state index contributed by atoms with van der Waals surface area (Å²) in [6.07, 6.45) is 3.55. The van der Waals surface area contributed by atoms with Crippen LogP contribution in [0.4, 0.5) is 0 Å². The van der Waals surface area contributed by atoms with Gasteiger partial charge >= 0.3 is 5.69 Å². The number of aromatic nitrogens is 4. The molecule has 0 aliphatic carbocycles. The Hall–Kier alpha value is -2.30. The molecule has 0 spiro atoms. The maximum absolute atomic E-state index is 12.5. The number of nitrogens with zero attached hydrogens (tertiary/aromatic N) is 4. The molecule has 2 heterocycles. The molecule has 0 saturated heterocycles. The van der Waals surface area contributed by atoms with Crippen molar-refractivity contribution in [3.05, 3.63) is 53.0 Å². The van der Waals surface area contributed by atoms with E-state index in [1.165, 1.54) is 0 Å². The highest BCUT2D eigenvalue weighted by Gasteiger charge is 2.12. The summed E-state index contributed by atoms with van der Waals surface area (Å²) in [5.41, 5.74) is 3.00. The number of hydrogen-bond donors (Lipinski definition) is 0. The first-order chi connectivity index (χ1) is 9.22. The number of rotatable bonds is 3. The summed E-state index contributed by atoms with van der Waals surface area (Å²) < 4.78 is 5.53. The number of fused-ring (bicyclic) bond motifs is 1. The van der Waals surface area contributed by atoms with Gasteiger partial charge in [0, 0.05) is 19.8 Å². The van der Waals surface area contributed by atoms with Crippen LogP contribution in [0.5, 0.6) is 0 Å². The molecule has 1 aromatic carbocycles. The zero-order valence-electron chi connectivity index (χ0n) is 11.1. The zero-order valence-corrected chi connectivity index (χ0v) is 11.1. The van der Waals surface area contributed by atoms with Crippen molar-refractivity contribution in [2.45, 2.75) is 20.0 Å². The van der Waals surface area contributed by atoms with Crippen LogP contribution in [0.15, 0.2) is 41.6 Å². The molecule has 5 heteroatoms. The van der Waals surface area contributed by atoms with Gasteiger partial charge in [0.2, 0.25) is 0 Å². The third-order valence-electron chi connectivity index (χ3n) is 3.48. The molecule has 3 rings (SSSR count). The topological polar surface area (TPSA) is 44.8 Å². The van der Waals surface area contributed by atoms with Gasteiger partial charge < -0.3 is 4.57 Å². The molecule has 19 heavy (non-hydrogen) atoms. The predicted molar refractivity (Wildman–Crippen MR) is 74.2 cm³/mol. The van der Waals surface area contributed by atoms with Crippen molar-refractivity contribution in [1.29, 1.82) is 0 Å². The van der Waals surface area contributed by atoms with Crippen LogP contribution < -0.4 is 5.69 Å². The summed E-state index contributed by atoms with van der Waals surface area (Å²) >= 11 is 0. The van der Waals surface area contributed by atoms with E-state index in [4.69, 9.17) is 0 Å². The van der Waals surface area contributed by atoms with Crippen molar-refractivity contribution in [3.63, 3.8) is 0 Å². The quantitative estimate of drug-likeness (QED) is 0.714. The molecule has 2 aromatic heterocycles. The van der Waals surface area contributed by atoms with Crippen LogP contribution in [-0.4, -0.2) is 18.7 Å². The number of aryl methyl sites for hydroxylation is 2. The molecule has 0 unspecified atom stereocenters. The third-order valence-corrected chi connectivity index (χ3v) is 3.48. The lowest BCUT2D eigenvalue weighted by Crippen LogP contribution is -2.24. The van der Waals surface area contributed by atoms with E-state index in [0.717, 1.165) is 16.7 Å². The Bertz CT molecular complexity index is 778. The minimum Gasteiger partial charge on any atom is -0.336 e. The minimum absolute atomic E-state index is 0.0323. The Morgan fingerprint density at radius 2 is 1.84 bits per heavy atom. The first-order valence-corrected chi connectivity index (χ1v) is 6.35. The number of imidazole rings is 2. The van der Waals surface area contributed by atoms with Gasteiger partial charge in [-0.15, -0.1) is 0 Å². The Balaban J connectivity index is 2.21. The van der Waals surface area contributed by atoms with Crippen molar-refractivity contribution in [1.82, 2.24) is 18.7 Å². The monoisotopic (exact) mass is 256 g/mol. The first-order valence-electron chi connectivity index (χ1n) is 6.35. The summed E-state index contributed by atoms with van der Waals surface area (Å²) in [6.45, 7) is 3.21. The lowest BCUT2D eigenvalue weighted by Gasteiger charge is -2.03. The van der Waals surface area contributed by atoms with Gasteiger partial charge in [0.1, 0.15) is 0 Å². The number of hydrogen-bond acceptors (Lipinski definition) is 2. The molecule has 0 amide bonds. The van der Waals surface area contributed by atoms with Crippen LogP contribution in [0.2, 0.25) is 0 Å². The van der Waals surface area contributed by atoms with Crippen molar-refractivity contribution < 1.29 is 0 Å². The van der Waals surface area contributed by atoms with Gasteiger partial charge in [-0.25, -0.2) is 9.78 Å². The van der Waals surface area contributed by atoms with E-state index in [9.17, 15) is 4.79 Å². The molecule has 0 radical (unpaired) electrons. The molecular weight excluding hydrogens is 240 g/mol. The molecule has 0 atom stereocenters. The molecule has 0 aliphatic heterocycles. The second-order valence-corrected chi connectivity index (χ2v) is 4.60. The van der Waals surface area contributed by atoms with Gasteiger partial charge in [-0.2, -0.15) is 0 Å². The van der Waals surface area contributed by atoms with Crippen LogP contribution in [0.1, 0.15) is 12.6 Å². The highest BCUT2D eigenvalue weighted by molar-refractivity contribution is 5.76. The second-order valence-electron chi connectivity index (χ2n) is 4.60. The summed E-state index contributed by atoms with van der Waals surface area (Å²) in [7, 11) is 1.94. The maximum atomic E-state index is 12.5. The normalized spacial score (nSPS) is 11.3. The SMILES string of the molecule is CCn1c(=O)n(Cc2cncn2C)c2ccccc21. The lowest BCUT2D eigenvalue weighted by molar-refractivity contribution is 0.662. The van der Waals surface area contributed by atoms with Crippen LogP contribution >= 0.6 is 0 Å². The van der Waals surface area contributed by atoms with Crippen LogP contribution in [-0.2, 0) is 20.1 Å². The van der Waals surface area contributed by atoms with Crippen LogP contribution in [0.3, 0.4) is 0 Å². The fourth-order valence-corrected chi connectivity index (χ4v) is 2.43. The van der Waals surface area contributed by atoms with E-state index in [2.05, 4.69) is 4.98 Å². The molecule has 98 valence electrons. The lowest BCUT2D eigenvalue weighted by atomic mass is 10.3. The number of benzene rings is 1. The summed E-state index contributed by atoms with van der Waals surface area (Å²) in [4.78, 5) is 16.5. The average Bonchev–Trinajstić information content (AvgIpc) is 2.93. The van der Waals surface area contributed by atoms with E-state index >= 15 is 0 Å². The smallest absolute Gasteiger partial charge is 0.329 e. The summed E-state index contributed by atoms with van der Waals surface area (Å²) in [5.74, 6) is 0. The summed E-state index contributed by atoms with van der Waals surface area (Å²) in [5, 5.41) is 0. The van der Waals surface area contributed by atoms with Gasteiger partial charge in [-0.05, 0) is 19.1 Å². The Morgan fingerprint density at radius 1 is 1.16 bits per heavy atom. The standard InChI is InChI=1S/C14H16N4O/c1-3-17-12-6-4-5-7-13(12)18(14(17)19)9-11-8-15-10-16(11)2/h4-8,10H,3,9H2,1-2H3. The molecular formula is C14H16N4O. The molecule has 3 aromatic rings. The Kier molecular flexibility index (Phi) is 2.74. The van der Waals surface area contributed by atoms with E-state index in [1.807, 2.05) is 42.8 Å². The van der Waals surface area contributed by atoms with Crippen molar-refractivity contribution in [3.8, 4) is 0 Å². The first kappa shape index (κ1) is 11.8. The molecule has 5 nitrogen and oxygen atoms in total. The van der Waals surface area contributed by atoms with Gasteiger partial charge in [0.25, 0.3) is 0 Å². The van der Waals surface area contributed by atoms with E-state index in [1.54, 1.807) is 21.7 Å². The minimum atomic E-state index is 0.0323. The Morgan fingerprint density at radius 3 is 2.42 bits per heavy atom. The Labute approximate surface area is 110 Å². The van der Waals surface area contributed by atoms with Crippen LogP contribution in [0, 0.1) is 0 Å².